The van der Waals surface area contributed by atoms with Crippen molar-refractivity contribution >= 4 is 21.7 Å². The van der Waals surface area contributed by atoms with Crippen LogP contribution in [-0.4, -0.2) is 39.2 Å². The molecule has 0 radical (unpaired) electrons. The maximum Gasteiger partial charge on any atom is 0.341 e. The van der Waals surface area contributed by atoms with E-state index in [0.29, 0.717) is 0 Å². The Labute approximate surface area is 125 Å². The second-order valence-electron chi connectivity index (χ2n) is 4.00. The second kappa shape index (κ2) is 7.64. The summed E-state index contributed by atoms with van der Waals surface area (Å²) in [6, 6.07) is 3.80. The van der Waals surface area contributed by atoms with Crippen LogP contribution in [0, 0.1) is 0 Å². The Hall–Kier alpha value is -2.29. The summed E-state index contributed by atoms with van der Waals surface area (Å²) in [6.45, 7) is 3.09. The average Bonchev–Trinajstić information content (AvgIpc) is 2.50. The summed E-state index contributed by atoms with van der Waals surface area (Å²) in [5.74, 6) is -4.96. The molecule has 0 spiro atoms. The lowest BCUT2D eigenvalue weighted by Crippen LogP contribution is -2.28. The first-order valence-corrected chi connectivity index (χ1v) is 7.50. The van der Waals surface area contributed by atoms with Gasteiger partial charge in [0, 0.05) is 6.54 Å². The highest BCUT2D eigenvalue weighted by Crippen LogP contribution is 2.18. The van der Waals surface area contributed by atoms with Crippen molar-refractivity contribution in [1.82, 2.24) is 5.32 Å². The van der Waals surface area contributed by atoms with E-state index in [1.54, 1.807) is 0 Å². The first-order valence-electron chi connectivity index (χ1n) is 5.96. The molecule has 0 heterocycles. The van der Waals surface area contributed by atoms with E-state index in [9.17, 15) is 26.8 Å². The van der Waals surface area contributed by atoms with Gasteiger partial charge in [-0.15, -0.1) is 6.58 Å². The standard InChI is InChI=1S/C13H13F2NO5S/c1-2-7-16-11(17)8-21-12(18)9-3-5-10(6-4-9)22(19,20)13(14)15/h2-6,13H,1,7-8H2,(H,16,17). The molecule has 1 N–H and O–H groups in total. The molecule has 1 rings (SSSR count). The van der Waals surface area contributed by atoms with Crippen molar-refractivity contribution in [3.8, 4) is 0 Å². The van der Waals surface area contributed by atoms with Gasteiger partial charge in [-0.05, 0) is 24.3 Å². The predicted molar refractivity (Wildman–Crippen MR) is 73.1 cm³/mol. The van der Waals surface area contributed by atoms with Crippen LogP contribution in [-0.2, 0) is 19.4 Å². The molecule has 6 nitrogen and oxygen atoms in total. The monoisotopic (exact) mass is 333 g/mol. The molecule has 0 aliphatic heterocycles. The van der Waals surface area contributed by atoms with Crippen LogP contribution in [0.3, 0.4) is 0 Å². The molecule has 0 aliphatic rings. The number of ether oxygens (including phenoxy) is 1. The number of nitrogens with one attached hydrogen (secondary N) is 1. The summed E-state index contributed by atoms with van der Waals surface area (Å²) in [6.07, 6.45) is 1.45. The fraction of sp³-hybridized carbons (Fsp3) is 0.231. The number of carbonyl (C=O) groups excluding carboxylic acids is 2. The quantitative estimate of drug-likeness (QED) is 0.597. The maximum atomic E-state index is 12.3. The van der Waals surface area contributed by atoms with E-state index in [-0.39, 0.29) is 12.1 Å². The van der Waals surface area contributed by atoms with Crippen LogP contribution in [0.1, 0.15) is 10.4 Å². The van der Waals surface area contributed by atoms with Crippen LogP contribution >= 0.6 is 0 Å². The molecule has 1 aromatic rings. The van der Waals surface area contributed by atoms with Gasteiger partial charge in [0.25, 0.3) is 5.91 Å². The van der Waals surface area contributed by atoms with E-state index in [4.69, 9.17) is 0 Å². The van der Waals surface area contributed by atoms with E-state index in [1.165, 1.54) is 6.08 Å². The molecule has 0 fully saturated rings. The van der Waals surface area contributed by atoms with Crippen LogP contribution in [0.15, 0.2) is 41.8 Å². The first-order chi connectivity index (χ1) is 10.3. The molecule has 0 aliphatic carbocycles. The van der Waals surface area contributed by atoms with Gasteiger partial charge < -0.3 is 10.1 Å². The summed E-state index contributed by atoms with van der Waals surface area (Å²) in [5, 5.41) is 2.38. The summed E-state index contributed by atoms with van der Waals surface area (Å²) in [5.41, 5.74) is -0.0651. The van der Waals surface area contributed by atoms with Gasteiger partial charge in [0.2, 0.25) is 9.84 Å². The molecule has 0 aromatic heterocycles. The van der Waals surface area contributed by atoms with Crippen molar-refractivity contribution in [1.29, 1.82) is 0 Å². The largest absolute Gasteiger partial charge is 0.452 e. The Morgan fingerprint density at radius 1 is 1.27 bits per heavy atom. The number of hydrogen-bond donors (Lipinski definition) is 1. The highest BCUT2D eigenvalue weighted by atomic mass is 32.2. The number of amides is 1. The Kier molecular flexibility index (Phi) is 6.17. The van der Waals surface area contributed by atoms with Crippen LogP contribution in [0.4, 0.5) is 8.78 Å². The van der Waals surface area contributed by atoms with E-state index in [0.717, 1.165) is 24.3 Å². The number of alkyl halides is 2. The SMILES string of the molecule is C=CCNC(=O)COC(=O)c1ccc(S(=O)(=O)C(F)F)cc1. The molecule has 120 valence electrons. The smallest absolute Gasteiger partial charge is 0.341 e. The molecule has 0 unspecified atom stereocenters. The first kappa shape index (κ1) is 17.8. The van der Waals surface area contributed by atoms with Gasteiger partial charge in [-0.1, -0.05) is 6.08 Å². The number of esters is 1. The summed E-state index contributed by atoms with van der Waals surface area (Å²) >= 11 is 0. The minimum atomic E-state index is -4.71. The van der Waals surface area contributed by atoms with Crippen molar-refractivity contribution in [2.75, 3.05) is 13.2 Å². The molecule has 0 bridgehead atoms. The van der Waals surface area contributed by atoms with Gasteiger partial charge >= 0.3 is 11.7 Å². The Morgan fingerprint density at radius 2 is 1.86 bits per heavy atom. The maximum absolute atomic E-state index is 12.3. The normalized spacial score (nSPS) is 11.0. The van der Waals surface area contributed by atoms with Gasteiger partial charge in [-0.25, -0.2) is 13.2 Å². The van der Waals surface area contributed by atoms with E-state index in [1.807, 2.05) is 0 Å². The molecule has 0 saturated carbocycles. The molecule has 0 saturated heterocycles. The zero-order valence-corrected chi connectivity index (χ0v) is 12.1. The fourth-order valence-electron chi connectivity index (χ4n) is 1.34. The highest BCUT2D eigenvalue weighted by Gasteiger charge is 2.26. The van der Waals surface area contributed by atoms with Crippen LogP contribution in [0.2, 0.25) is 0 Å². The van der Waals surface area contributed by atoms with Crippen LogP contribution in [0.25, 0.3) is 0 Å². The van der Waals surface area contributed by atoms with Crippen molar-refractivity contribution in [2.45, 2.75) is 10.7 Å². The molecule has 1 amide bonds. The zero-order valence-electron chi connectivity index (χ0n) is 11.3. The number of benzene rings is 1. The van der Waals surface area contributed by atoms with E-state index >= 15 is 0 Å². The third-order valence-corrected chi connectivity index (χ3v) is 3.83. The lowest BCUT2D eigenvalue weighted by atomic mass is 10.2. The lowest BCUT2D eigenvalue weighted by molar-refractivity contribution is -0.124. The second-order valence-corrected chi connectivity index (χ2v) is 5.92. The Morgan fingerprint density at radius 3 is 2.36 bits per heavy atom. The minimum Gasteiger partial charge on any atom is -0.452 e. The van der Waals surface area contributed by atoms with Gasteiger partial charge in [0.05, 0.1) is 10.5 Å². The predicted octanol–water partition coefficient (Wildman–Crippen LogP) is 1.14. The molecule has 0 atom stereocenters. The lowest BCUT2D eigenvalue weighted by Gasteiger charge is -2.06. The molecule has 9 heteroatoms. The Bertz CT molecular complexity index is 656. The fourth-order valence-corrected chi connectivity index (χ4v) is 2.06. The molecule has 22 heavy (non-hydrogen) atoms. The zero-order chi connectivity index (χ0) is 16.8. The van der Waals surface area contributed by atoms with Gasteiger partial charge in [0.1, 0.15) is 0 Å². The number of rotatable bonds is 7. The summed E-state index contributed by atoms with van der Waals surface area (Å²) in [7, 11) is -4.71. The average molecular weight is 333 g/mol. The molecular formula is C13H13F2NO5S. The summed E-state index contributed by atoms with van der Waals surface area (Å²) < 4.78 is 51.8. The van der Waals surface area contributed by atoms with Crippen LogP contribution < -0.4 is 5.32 Å². The number of sulfone groups is 1. The van der Waals surface area contributed by atoms with E-state index < -0.39 is 39.0 Å². The minimum absolute atomic E-state index is 0.0651. The topological polar surface area (TPSA) is 89.5 Å². The van der Waals surface area contributed by atoms with Gasteiger partial charge in [-0.2, -0.15) is 8.78 Å². The van der Waals surface area contributed by atoms with Crippen molar-refractivity contribution < 1.29 is 31.5 Å². The highest BCUT2D eigenvalue weighted by molar-refractivity contribution is 7.91. The number of carbonyl (C=O) groups is 2. The molecular weight excluding hydrogens is 320 g/mol. The Balaban J connectivity index is 2.69. The van der Waals surface area contributed by atoms with Crippen molar-refractivity contribution in [3.05, 3.63) is 42.5 Å². The van der Waals surface area contributed by atoms with Crippen molar-refractivity contribution in [3.63, 3.8) is 0 Å². The van der Waals surface area contributed by atoms with E-state index in [2.05, 4.69) is 16.6 Å². The third-order valence-electron chi connectivity index (χ3n) is 2.43. The van der Waals surface area contributed by atoms with Gasteiger partial charge in [-0.3, -0.25) is 4.79 Å². The third kappa shape index (κ3) is 4.62. The number of halogens is 2. The van der Waals surface area contributed by atoms with Crippen molar-refractivity contribution in [2.24, 2.45) is 0 Å². The molecule has 1 aromatic carbocycles. The van der Waals surface area contributed by atoms with Crippen LogP contribution in [0.5, 0.6) is 0 Å². The number of hydrogen-bond acceptors (Lipinski definition) is 5. The summed E-state index contributed by atoms with van der Waals surface area (Å²) in [4.78, 5) is 22.2. The van der Waals surface area contributed by atoms with Gasteiger partial charge in [0.15, 0.2) is 6.61 Å².